The average molecular weight is 420 g/mol. The van der Waals surface area contributed by atoms with E-state index in [0.717, 1.165) is 54.9 Å². The molecule has 4 N–H and O–H groups in total. The van der Waals surface area contributed by atoms with Crippen LogP contribution in [0, 0.1) is 17.8 Å². The summed E-state index contributed by atoms with van der Waals surface area (Å²) < 4.78 is 0. The van der Waals surface area contributed by atoms with Gasteiger partial charge >= 0.3 is 0 Å². The van der Waals surface area contributed by atoms with Crippen molar-refractivity contribution in [1.29, 1.82) is 0 Å². The molecule has 4 fully saturated rings. The van der Waals surface area contributed by atoms with Crippen LogP contribution in [-0.2, 0) is 13.0 Å². The number of pyridine rings is 2. The fourth-order valence-corrected chi connectivity index (χ4v) is 6.75. The third kappa shape index (κ3) is 3.35. The van der Waals surface area contributed by atoms with Crippen molar-refractivity contribution < 1.29 is 9.90 Å². The summed E-state index contributed by atoms with van der Waals surface area (Å²) in [5, 5.41) is 21.2. The van der Waals surface area contributed by atoms with Gasteiger partial charge in [0.15, 0.2) is 0 Å². The lowest BCUT2D eigenvalue weighted by Gasteiger charge is -2.58. The van der Waals surface area contributed by atoms with Crippen LogP contribution in [-0.4, -0.2) is 39.2 Å². The zero-order valence-corrected chi connectivity index (χ0v) is 17.6. The lowest BCUT2D eigenvalue weighted by molar-refractivity contribution is -0.129. The Hall–Kier alpha value is -2.67. The van der Waals surface area contributed by atoms with Gasteiger partial charge in [-0.15, -0.1) is 0 Å². The van der Waals surface area contributed by atoms with E-state index >= 15 is 0 Å². The average Bonchev–Trinajstić information content (AvgIpc) is 3.23. The minimum atomic E-state index is -0.457. The van der Waals surface area contributed by atoms with Gasteiger partial charge in [0.05, 0.1) is 16.9 Å². The maximum Gasteiger partial charge on any atom is 0.255 e. The third-order valence-electron chi connectivity index (χ3n) is 7.85. The van der Waals surface area contributed by atoms with E-state index in [1.54, 1.807) is 18.6 Å². The van der Waals surface area contributed by atoms with Crippen molar-refractivity contribution >= 4 is 17.4 Å². The molecule has 0 aromatic carbocycles. The van der Waals surface area contributed by atoms with Crippen molar-refractivity contribution in [3.8, 4) is 0 Å². The number of nitrogens with one attached hydrogen (secondary N) is 3. The van der Waals surface area contributed by atoms with E-state index in [9.17, 15) is 9.90 Å². The van der Waals surface area contributed by atoms with E-state index < -0.39 is 5.60 Å². The van der Waals surface area contributed by atoms with Crippen LogP contribution in [0.15, 0.2) is 30.7 Å². The molecular formula is C24H29N5O2. The van der Waals surface area contributed by atoms with Crippen molar-refractivity contribution in [2.75, 3.05) is 17.2 Å². The van der Waals surface area contributed by atoms with Crippen LogP contribution in [0.25, 0.3) is 0 Å². The van der Waals surface area contributed by atoms with Crippen LogP contribution >= 0.6 is 0 Å². The predicted molar refractivity (Wildman–Crippen MR) is 118 cm³/mol. The Morgan fingerprint density at radius 2 is 1.97 bits per heavy atom. The van der Waals surface area contributed by atoms with Gasteiger partial charge in [-0.3, -0.25) is 9.78 Å². The van der Waals surface area contributed by atoms with Gasteiger partial charge in [0.25, 0.3) is 5.91 Å². The number of carbonyl (C=O) groups excluding carboxylic acids is 1. The molecule has 0 radical (unpaired) electrons. The number of aliphatic hydroxyl groups is 1. The monoisotopic (exact) mass is 419 g/mol. The molecule has 5 aliphatic rings. The summed E-state index contributed by atoms with van der Waals surface area (Å²) >= 11 is 0. The van der Waals surface area contributed by atoms with Crippen molar-refractivity contribution in [3.05, 3.63) is 47.4 Å². The number of aromatic nitrogens is 2. The van der Waals surface area contributed by atoms with Gasteiger partial charge in [-0.05, 0) is 74.0 Å². The Kier molecular flexibility index (Phi) is 4.42. The van der Waals surface area contributed by atoms with Crippen LogP contribution in [0.3, 0.4) is 0 Å². The number of fused-ring (bicyclic) bond motifs is 1. The highest BCUT2D eigenvalue weighted by atomic mass is 16.3. The van der Waals surface area contributed by atoms with Gasteiger partial charge in [-0.25, -0.2) is 4.98 Å². The Morgan fingerprint density at radius 3 is 2.71 bits per heavy atom. The number of nitrogens with zero attached hydrogens (tertiary/aromatic N) is 2. The zero-order valence-electron chi connectivity index (χ0n) is 17.6. The summed E-state index contributed by atoms with van der Waals surface area (Å²) in [4.78, 5) is 21.7. The minimum Gasteiger partial charge on any atom is -0.390 e. The molecule has 3 heterocycles. The summed E-state index contributed by atoms with van der Waals surface area (Å²) in [5.41, 5.74) is 3.23. The Balaban J connectivity index is 1.28. The number of hydrogen-bond donors (Lipinski definition) is 4. The Labute approximate surface area is 182 Å². The first kappa shape index (κ1) is 19.0. The number of rotatable bonds is 5. The van der Waals surface area contributed by atoms with Crippen LogP contribution in [0.5, 0.6) is 0 Å². The summed E-state index contributed by atoms with van der Waals surface area (Å²) in [5.74, 6) is 2.39. The summed E-state index contributed by atoms with van der Waals surface area (Å²) in [6.45, 7) is 1.30. The molecule has 1 aliphatic heterocycles. The first-order valence-electron chi connectivity index (χ1n) is 11.5. The first-order chi connectivity index (χ1) is 15.1. The Morgan fingerprint density at radius 1 is 1.19 bits per heavy atom. The largest absolute Gasteiger partial charge is 0.390 e. The van der Waals surface area contributed by atoms with Gasteiger partial charge in [0.2, 0.25) is 0 Å². The highest BCUT2D eigenvalue weighted by Gasteiger charge is 2.55. The fourth-order valence-electron chi connectivity index (χ4n) is 6.75. The van der Waals surface area contributed by atoms with Crippen LogP contribution in [0.4, 0.5) is 11.5 Å². The topological polar surface area (TPSA) is 99.2 Å². The van der Waals surface area contributed by atoms with E-state index in [1.807, 2.05) is 12.1 Å². The van der Waals surface area contributed by atoms with E-state index in [0.29, 0.717) is 35.9 Å². The molecule has 4 saturated carbocycles. The van der Waals surface area contributed by atoms with Gasteiger partial charge < -0.3 is 21.1 Å². The van der Waals surface area contributed by atoms with Crippen LogP contribution < -0.4 is 16.0 Å². The first-order valence-corrected chi connectivity index (χ1v) is 11.5. The smallest absolute Gasteiger partial charge is 0.255 e. The Bertz CT molecular complexity index is 995. The molecule has 4 bridgehead atoms. The zero-order chi connectivity index (χ0) is 21.0. The summed E-state index contributed by atoms with van der Waals surface area (Å²) in [6, 6.07) is 4.13. The lowest BCUT2D eigenvalue weighted by Crippen LogP contribution is -2.59. The van der Waals surface area contributed by atoms with Crippen molar-refractivity contribution in [1.82, 2.24) is 15.3 Å². The van der Waals surface area contributed by atoms with Gasteiger partial charge in [-0.1, -0.05) is 0 Å². The van der Waals surface area contributed by atoms with Crippen LogP contribution in [0.1, 0.15) is 53.6 Å². The third-order valence-corrected chi connectivity index (χ3v) is 7.85. The van der Waals surface area contributed by atoms with E-state index in [1.165, 1.54) is 12.8 Å². The highest BCUT2D eigenvalue weighted by molar-refractivity contribution is 6.01. The SMILES string of the molecule is O=C(NCc1ccncc1)c1cnc2c(c1NC1[C@@H]3CC4C[C@H]1CC(O)(C4)C3)CCN2. The van der Waals surface area contributed by atoms with Crippen molar-refractivity contribution in [3.63, 3.8) is 0 Å². The maximum absolute atomic E-state index is 13.2. The van der Waals surface area contributed by atoms with Gasteiger partial charge in [-0.2, -0.15) is 0 Å². The molecule has 0 spiro atoms. The normalized spacial score (nSPS) is 32.4. The minimum absolute atomic E-state index is 0.107. The standard InChI is InChI=1S/C24H29N5O2/c30-23(28-12-14-1-4-25-5-2-14)19-13-27-22-18(3-6-26-22)21(19)29-20-16-7-15-8-17(20)11-24(31,9-15)10-16/h1-2,4-5,13,15-17,20,31H,3,6-12H2,(H,28,30)(H2,26,27,29)/t15?,16-,17+,20?,24?. The highest BCUT2D eigenvalue weighted by Crippen LogP contribution is 2.56. The summed E-state index contributed by atoms with van der Waals surface area (Å²) in [7, 11) is 0. The predicted octanol–water partition coefficient (Wildman–Crippen LogP) is 2.73. The molecule has 7 heteroatoms. The molecule has 5 atom stereocenters. The molecule has 2 aromatic heterocycles. The molecular weight excluding hydrogens is 390 g/mol. The number of carbonyl (C=O) groups is 1. The number of hydrogen-bond acceptors (Lipinski definition) is 6. The lowest BCUT2D eigenvalue weighted by atomic mass is 9.52. The molecule has 3 unspecified atom stereocenters. The molecule has 4 aliphatic carbocycles. The molecule has 7 nitrogen and oxygen atoms in total. The summed E-state index contributed by atoms with van der Waals surface area (Å²) in [6.07, 6.45) is 11.1. The molecule has 0 saturated heterocycles. The van der Waals surface area contributed by atoms with Crippen LogP contribution in [0.2, 0.25) is 0 Å². The molecule has 1 amide bonds. The second-order valence-electron chi connectivity index (χ2n) is 9.95. The van der Waals surface area contributed by atoms with Crippen molar-refractivity contribution in [2.24, 2.45) is 17.8 Å². The molecule has 162 valence electrons. The van der Waals surface area contributed by atoms with E-state index in [4.69, 9.17) is 0 Å². The molecule has 2 aromatic rings. The van der Waals surface area contributed by atoms with E-state index in [2.05, 4.69) is 25.9 Å². The second-order valence-corrected chi connectivity index (χ2v) is 9.95. The molecule has 7 rings (SSSR count). The van der Waals surface area contributed by atoms with Crippen molar-refractivity contribution in [2.45, 2.75) is 56.7 Å². The maximum atomic E-state index is 13.2. The number of amides is 1. The quantitative estimate of drug-likeness (QED) is 0.595. The molecule has 31 heavy (non-hydrogen) atoms. The van der Waals surface area contributed by atoms with Gasteiger partial charge in [0.1, 0.15) is 5.82 Å². The second kappa shape index (κ2) is 7.19. The van der Waals surface area contributed by atoms with Gasteiger partial charge in [0, 0.05) is 43.3 Å². The number of anilines is 2. The fraction of sp³-hybridized carbons (Fsp3) is 0.542. The van der Waals surface area contributed by atoms with E-state index in [-0.39, 0.29) is 5.91 Å².